The van der Waals surface area contributed by atoms with Crippen LogP contribution in [-0.4, -0.2) is 39.4 Å². The molecule has 0 saturated carbocycles. The molecule has 1 aliphatic heterocycles. The van der Waals surface area contributed by atoms with Crippen LogP contribution in [0.2, 0.25) is 0 Å². The molecule has 3 rings (SSSR count). The van der Waals surface area contributed by atoms with E-state index in [1.54, 1.807) is 11.0 Å². The van der Waals surface area contributed by atoms with E-state index >= 15 is 0 Å². The van der Waals surface area contributed by atoms with Gasteiger partial charge in [-0.15, -0.1) is 0 Å². The maximum Gasteiger partial charge on any atom is 0.157 e. The van der Waals surface area contributed by atoms with Crippen LogP contribution in [0.5, 0.6) is 0 Å². The van der Waals surface area contributed by atoms with E-state index in [0.29, 0.717) is 25.3 Å². The van der Waals surface area contributed by atoms with E-state index < -0.39 is 5.41 Å². The van der Waals surface area contributed by atoms with E-state index in [2.05, 4.69) is 41.3 Å². The minimum atomic E-state index is -0.613. The van der Waals surface area contributed by atoms with E-state index in [-0.39, 0.29) is 12.0 Å². The fourth-order valence-corrected chi connectivity index (χ4v) is 2.88. The van der Waals surface area contributed by atoms with Crippen LogP contribution in [0.3, 0.4) is 0 Å². The van der Waals surface area contributed by atoms with Gasteiger partial charge in [-0.05, 0) is 25.8 Å². The normalized spacial score (nSPS) is 24.8. The molecule has 0 aliphatic carbocycles. The van der Waals surface area contributed by atoms with Crippen LogP contribution in [0.1, 0.15) is 31.4 Å². The Bertz CT molecular complexity index is 715. The number of rotatable bonds is 5. The molecule has 1 aliphatic rings. The summed E-state index contributed by atoms with van der Waals surface area (Å²) < 4.78 is 13.1. The quantitative estimate of drug-likeness (QED) is 0.843. The molecule has 1 saturated heterocycles. The van der Waals surface area contributed by atoms with Crippen LogP contribution in [-0.2, 0) is 15.9 Å². The van der Waals surface area contributed by atoms with Crippen LogP contribution in [0.4, 0.5) is 0 Å². The number of aryl methyl sites for hydroxylation is 1. The van der Waals surface area contributed by atoms with Gasteiger partial charge >= 0.3 is 0 Å². The average molecular weight is 343 g/mol. The van der Waals surface area contributed by atoms with Crippen molar-refractivity contribution < 1.29 is 14.6 Å². The lowest BCUT2D eigenvalue weighted by Crippen LogP contribution is -2.41. The van der Waals surface area contributed by atoms with Crippen molar-refractivity contribution in [3.63, 3.8) is 0 Å². The topological polar surface area (TPSA) is 69.4 Å². The summed E-state index contributed by atoms with van der Waals surface area (Å²) in [5, 5.41) is 15.3. The molecule has 0 spiro atoms. The van der Waals surface area contributed by atoms with Gasteiger partial charge in [0.2, 0.25) is 0 Å². The molecule has 6 heteroatoms. The monoisotopic (exact) mass is 343 g/mol. The molecular weight excluding hydrogens is 318 g/mol. The number of allylic oxidation sites excluding steroid dienone is 1. The third kappa shape index (κ3) is 3.91. The molecule has 0 bridgehead atoms. The first-order valence-corrected chi connectivity index (χ1v) is 8.58. The van der Waals surface area contributed by atoms with Crippen LogP contribution in [0.25, 0.3) is 5.70 Å². The number of hydrogen-bond donors (Lipinski definition) is 1. The number of hydrogen-bond acceptors (Lipinski definition) is 5. The Balaban J connectivity index is 1.92. The summed E-state index contributed by atoms with van der Waals surface area (Å²) in [5.74, 6) is 0.230. The first-order chi connectivity index (χ1) is 12.0. The Morgan fingerprint density at radius 3 is 2.52 bits per heavy atom. The third-order valence-electron chi connectivity index (χ3n) is 4.54. The van der Waals surface area contributed by atoms with Crippen molar-refractivity contribution in [3.05, 3.63) is 53.8 Å². The van der Waals surface area contributed by atoms with Crippen LogP contribution in [0.15, 0.2) is 42.7 Å². The Kier molecular flexibility index (Phi) is 5.20. The van der Waals surface area contributed by atoms with Crippen molar-refractivity contribution in [1.82, 2.24) is 14.8 Å². The third-order valence-corrected chi connectivity index (χ3v) is 4.54. The minimum Gasteiger partial charge on any atom is -0.510 e. The average Bonchev–Trinajstić information content (AvgIpc) is 3.16. The first kappa shape index (κ1) is 17.6. The molecule has 1 aromatic carbocycles. The predicted molar refractivity (Wildman–Crippen MR) is 94.8 cm³/mol. The van der Waals surface area contributed by atoms with Crippen molar-refractivity contribution in [2.24, 2.45) is 5.41 Å². The summed E-state index contributed by atoms with van der Waals surface area (Å²) in [6.07, 6.45) is 4.20. The van der Waals surface area contributed by atoms with E-state index in [1.807, 2.05) is 13.8 Å². The highest BCUT2D eigenvalue weighted by Crippen LogP contribution is 2.35. The van der Waals surface area contributed by atoms with Crippen molar-refractivity contribution in [3.8, 4) is 0 Å². The van der Waals surface area contributed by atoms with Crippen LogP contribution >= 0.6 is 0 Å². The molecule has 6 nitrogen and oxygen atoms in total. The Labute approximate surface area is 148 Å². The van der Waals surface area contributed by atoms with E-state index in [1.165, 1.54) is 11.9 Å². The molecule has 25 heavy (non-hydrogen) atoms. The lowest BCUT2D eigenvalue weighted by atomic mass is 9.87. The molecule has 1 fully saturated rings. The van der Waals surface area contributed by atoms with Crippen molar-refractivity contribution in [2.75, 3.05) is 13.2 Å². The van der Waals surface area contributed by atoms with Crippen molar-refractivity contribution in [2.45, 2.75) is 39.9 Å². The zero-order valence-electron chi connectivity index (χ0n) is 15.0. The van der Waals surface area contributed by atoms with Gasteiger partial charge in [0.05, 0.1) is 24.3 Å². The Hall–Kier alpha value is -2.18. The van der Waals surface area contributed by atoms with Gasteiger partial charge in [-0.1, -0.05) is 36.8 Å². The van der Waals surface area contributed by atoms with Crippen molar-refractivity contribution >= 4 is 5.70 Å². The van der Waals surface area contributed by atoms with Gasteiger partial charge in [-0.25, -0.2) is 9.67 Å². The highest BCUT2D eigenvalue weighted by atomic mass is 16.7. The number of aromatic nitrogens is 3. The summed E-state index contributed by atoms with van der Waals surface area (Å²) in [6.45, 7) is 6.83. The number of nitrogens with zero attached hydrogens (tertiary/aromatic N) is 3. The summed E-state index contributed by atoms with van der Waals surface area (Å²) in [4.78, 5) is 4.02. The van der Waals surface area contributed by atoms with Crippen LogP contribution in [0, 0.1) is 12.3 Å². The molecule has 1 N–H and O–H groups in total. The van der Waals surface area contributed by atoms with Gasteiger partial charge < -0.3 is 14.6 Å². The first-order valence-electron chi connectivity index (χ1n) is 8.58. The number of aliphatic hydroxyl groups excluding tert-OH is 1. The van der Waals surface area contributed by atoms with Gasteiger partial charge in [0.1, 0.15) is 18.4 Å². The maximum atomic E-state index is 11.1. The van der Waals surface area contributed by atoms with Gasteiger partial charge in [-0.2, -0.15) is 5.10 Å². The summed E-state index contributed by atoms with van der Waals surface area (Å²) in [5.41, 5.74) is 2.37. The molecular formula is C19H25N3O3. The smallest absolute Gasteiger partial charge is 0.157 e. The molecule has 0 radical (unpaired) electrons. The molecule has 2 aromatic rings. The molecule has 0 unspecified atom stereocenters. The highest BCUT2D eigenvalue weighted by Gasteiger charge is 2.38. The number of benzene rings is 1. The Morgan fingerprint density at radius 2 is 1.96 bits per heavy atom. The SMILES string of the molecule is CCC1OCC(C)(C(O)=C(Cc2ccc(C)cc2)n2cncn2)CO1. The molecule has 0 amide bonds. The van der Waals surface area contributed by atoms with Crippen molar-refractivity contribution in [1.29, 1.82) is 0 Å². The maximum absolute atomic E-state index is 11.1. The van der Waals surface area contributed by atoms with E-state index in [9.17, 15) is 5.11 Å². The highest BCUT2D eigenvalue weighted by molar-refractivity contribution is 5.52. The molecule has 1 aromatic heterocycles. The van der Waals surface area contributed by atoms with Gasteiger partial charge in [-0.3, -0.25) is 0 Å². The lowest BCUT2D eigenvalue weighted by molar-refractivity contribution is -0.222. The fraction of sp³-hybridized carbons (Fsp3) is 0.474. The fourth-order valence-electron chi connectivity index (χ4n) is 2.88. The molecule has 0 atom stereocenters. The second-order valence-corrected chi connectivity index (χ2v) is 6.82. The molecule has 2 heterocycles. The zero-order valence-corrected chi connectivity index (χ0v) is 15.0. The minimum absolute atomic E-state index is 0.201. The molecule has 134 valence electrons. The van der Waals surface area contributed by atoms with Crippen LogP contribution < -0.4 is 0 Å². The zero-order chi connectivity index (χ0) is 17.9. The van der Waals surface area contributed by atoms with E-state index in [0.717, 1.165) is 12.0 Å². The number of ether oxygens (including phenoxy) is 2. The largest absolute Gasteiger partial charge is 0.510 e. The van der Waals surface area contributed by atoms with Gasteiger partial charge in [0.25, 0.3) is 0 Å². The standard InChI is InChI=1S/C19H25N3O3/c1-4-17-24-10-19(3,11-25-17)18(23)16(22-13-20-12-21-22)9-15-7-5-14(2)6-8-15/h5-8,12-13,17,23H,4,9-11H2,1-3H3. The summed E-state index contributed by atoms with van der Waals surface area (Å²) >= 11 is 0. The lowest BCUT2D eigenvalue weighted by Gasteiger charge is -2.37. The second kappa shape index (κ2) is 7.37. The second-order valence-electron chi connectivity index (χ2n) is 6.82. The van der Waals surface area contributed by atoms with Gasteiger partial charge in [0.15, 0.2) is 6.29 Å². The summed E-state index contributed by atoms with van der Waals surface area (Å²) in [7, 11) is 0. The predicted octanol–water partition coefficient (Wildman–Crippen LogP) is 3.35. The van der Waals surface area contributed by atoms with E-state index in [4.69, 9.17) is 9.47 Å². The van der Waals surface area contributed by atoms with Gasteiger partial charge in [0, 0.05) is 6.42 Å². The Morgan fingerprint density at radius 1 is 1.28 bits per heavy atom. The number of aliphatic hydroxyl groups is 1. The summed E-state index contributed by atoms with van der Waals surface area (Å²) in [6, 6.07) is 8.24.